The fraction of sp³-hybridized carbons (Fsp3) is 0.556. The van der Waals surface area contributed by atoms with Crippen LogP contribution in [-0.2, 0) is 16.1 Å². The molecular weight excluding hydrogens is 320 g/mol. The maximum absolute atomic E-state index is 12.3. The van der Waals surface area contributed by atoms with Gasteiger partial charge in [0.25, 0.3) is 5.91 Å². The molecule has 1 aromatic carbocycles. The molecule has 0 unspecified atom stereocenters. The Hall–Kier alpha value is -2.44. The Bertz CT molecular complexity index is 765. The highest BCUT2D eigenvalue weighted by atomic mass is 16.5. The van der Waals surface area contributed by atoms with E-state index in [-0.39, 0.29) is 11.9 Å². The predicted octanol–water partition coefficient (Wildman–Crippen LogP) is 2.45. The van der Waals surface area contributed by atoms with Crippen molar-refractivity contribution in [3.8, 4) is 0 Å². The van der Waals surface area contributed by atoms with Crippen molar-refractivity contribution in [3.63, 3.8) is 0 Å². The van der Waals surface area contributed by atoms with Gasteiger partial charge in [-0.05, 0) is 44.9 Å². The lowest BCUT2D eigenvalue weighted by Gasteiger charge is -2.24. The first-order chi connectivity index (χ1) is 12.1. The van der Waals surface area contributed by atoms with Gasteiger partial charge in [-0.3, -0.25) is 4.79 Å². The first-order valence-corrected chi connectivity index (χ1v) is 8.93. The molecule has 0 saturated heterocycles. The van der Waals surface area contributed by atoms with Gasteiger partial charge in [0.1, 0.15) is 5.52 Å². The number of hydrogen-bond donors (Lipinski definition) is 1. The largest absolute Gasteiger partial charge is 0.449 e. The molecule has 1 aliphatic carbocycles. The number of ether oxygens (including phenoxy) is 1. The monoisotopic (exact) mass is 344 g/mol. The number of hydrogen-bond acceptors (Lipinski definition) is 5. The van der Waals surface area contributed by atoms with E-state index in [2.05, 4.69) is 15.6 Å². The summed E-state index contributed by atoms with van der Waals surface area (Å²) in [6.07, 6.45) is 4.67. The normalized spacial score (nSPS) is 16.6. The summed E-state index contributed by atoms with van der Waals surface area (Å²) in [4.78, 5) is 24.5. The van der Waals surface area contributed by atoms with E-state index < -0.39 is 12.1 Å². The molecule has 0 bridgehead atoms. The highest BCUT2D eigenvalue weighted by molar-refractivity contribution is 5.95. The van der Waals surface area contributed by atoms with Gasteiger partial charge >= 0.3 is 5.97 Å². The maximum atomic E-state index is 12.3. The minimum atomic E-state index is -0.823. The second-order valence-electron chi connectivity index (χ2n) is 6.50. The molecule has 3 rings (SSSR count). The Morgan fingerprint density at radius 3 is 2.80 bits per heavy atom. The quantitative estimate of drug-likeness (QED) is 0.842. The van der Waals surface area contributed by atoms with Crippen LogP contribution in [0.2, 0.25) is 0 Å². The summed E-state index contributed by atoms with van der Waals surface area (Å²) in [7, 11) is 0. The molecule has 2 aromatic rings. The van der Waals surface area contributed by atoms with Crippen molar-refractivity contribution in [1.82, 2.24) is 20.3 Å². The third-order valence-electron chi connectivity index (χ3n) is 4.65. The molecule has 1 atom stereocenters. The maximum Gasteiger partial charge on any atom is 0.338 e. The summed E-state index contributed by atoms with van der Waals surface area (Å²) in [6, 6.07) is 5.30. The highest BCUT2D eigenvalue weighted by Crippen LogP contribution is 2.18. The topological polar surface area (TPSA) is 86.1 Å². The number of aryl methyl sites for hydroxylation is 1. The zero-order chi connectivity index (χ0) is 17.8. The van der Waals surface area contributed by atoms with E-state index >= 15 is 0 Å². The number of carbonyl (C=O) groups excluding carboxylic acids is 2. The molecule has 0 radical (unpaired) electrons. The predicted molar refractivity (Wildman–Crippen MR) is 93.1 cm³/mol. The molecule has 7 heteroatoms. The number of nitrogens with one attached hydrogen (secondary N) is 1. The van der Waals surface area contributed by atoms with Gasteiger partial charge in [0, 0.05) is 12.6 Å². The van der Waals surface area contributed by atoms with Gasteiger partial charge in [-0.2, -0.15) is 0 Å². The second-order valence-corrected chi connectivity index (χ2v) is 6.50. The molecule has 1 N–H and O–H groups in total. The summed E-state index contributed by atoms with van der Waals surface area (Å²) in [5, 5.41) is 11.0. The van der Waals surface area contributed by atoms with E-state index in [0.29, 0.717) is 17.6 Å². The van der Waals surface area contributed by atoms with Crippen LogP contribution in [-0.4, -0.2) is 39.0 Å². The Morgan fingerprint density at radius 1 is 1.32 bits per heavy atom. The number of carbonyl (C=O) groups is 2. The molecule has 1 aliphatic rings. The van der Waals surface area contributed by atoms with Gasteiger partial charge < -0.3 is 10.1 Å². The van der Waals surface area contributed by atoms with Gasteiger partial charge in [-0.25, -0.2) is 9.48 Å². The number of aromatic nitrogens is 3. The fourth-order valence-corrected chi connectivity index (χ4v) is 3.18. The molecule has 134 valence electrons. The van der Waals surface area contributed by atoms with Crippen molar-refractivity contribution in [3.05, 3.63) is 23.8 Å². The minimum absolute atomic E-state index is 0.197. The number of fused-ring (bicyclic) bond motifs is 1. The Morgan fingerprint density at radius 2 is 2.08 bits per heavy atom. The van der Waals surface area contributed by atoms with Crippen molar-refractivity contribution in [2.75, 3.05) is 0 Å². The van der Waals surface area contributed by atoms with Crippen LogP contribution in [0.5, 0.6) is 0 Å². The molecule has 1 heterocycles. The van der Waals surface area contributed by atoms with Crippen LogP contribution in [0.25, 0.3) is 11.0 Å². The fourth-order valence-electron chi connectivity index (χ4n) is 3.18. The SMILES string of the molecule is CCn1nnc2cc(C(=O)O[C@H](C)C(=O)NC3CCCCC3)ccc21. The van der Waals surface area contributed by atoms with E-state index in [1.165, 1.54) is 6.42 Å². The summed E-state index contributed by atoms with van der Waals surface area (Å²) in [6.45, 7) is 4.28. The van der Waals surface area contributed by atoms with Gasteiger partial charge in [0.15, 0.2) is 6.10 Å². The molecule has 0 aliphatic heterocycles. The molecule has 25 heavy (non-hydrogen) atoms. The first-order valence-electron chi connectivity index (χ1n) is 8.93. The van der Waals surface area contributed by atoms with Crippen LogP contribution in [0.1, 0.15) is 56.3 Å². The lowest BCUT2D eigenvalue weighted by atomic mass is 9.95. The van der Waals surface area contributed by atoms with E-state index in [1.807, 2.05) is 6.92 Å². The van der Waals surface area contributed by atoms with Crippen molar-refractivity contribution in [1.29, 1.82) is 0 Å². The second kappa shape index (κ2) is 7.63. The zero-order valence-electron chi connectivity index (χ0n) is 14.7. The lowest BCUT2D eigenvalue weighted by molar-refractivity contribution is -0.130. The van der Waals surface area contributed by atoms with Crippen molar-refractivity contribution < 1.29 is 14.3 Å². The Kier molecular flexibility index (Phi) is 5.31. The van der Waals surface area contributed by atoms with Crippen molar-refractivity contribution >= 4 is 22.9 Å². The van der Waals surface area contributed by atoms with E-state index in [1.54, 1.807) is 29.8 Å². The third-order valence-corrected chi connectivity index (χ3v) is 4.65. The molecule has 1 fully saturated rings. The van der Waals surface area contributed by atoms with Gasteiger partial charge in [-0.15, -0.1) is 5.10 Å². The lowest BCUT2D eigenvalue weighted by Crippen LogP contribution is -2.42. The third kappa shape index (κ3) is 3.97. The van der Waals surface area contributed by atoms with Crippen LogP contribution in [0.4, 0.5) is 0 Å². The van der Waals surface area contributed by atoms with Crippen LogP contribution in [0.15, 0.2) is 18.2 Å². The molecular formula is C18H24N4O3. The smallest absolute Gasteiger partial charge is 0.338 e. The van der Waals surface area contributed by atoms with Crippen molar-refractivity contribution in [2.45, 2.75) is 64.6 Å². The summed E-state index contributed by atoms with van der Waals surface area (Å²) in [5.74, 6) is -0.766. The van der Waals surface area contributed by atoms with Crippen LogP contribution in [0.3, 0.4) is 0 Å². The van der Waals surface area contributed by atoms with E-state index in [4.69, 9.17) is 4.74 Å². The average molecular weight is 344 g/mol. The average Bonchev–Trinajstić information content (AvgIpc) is 3.04. The summed E-state index contributed by atoms with van der Waals surface area (Å²) >= 11 is 0. The number of rotatable bonds is 5. The summed E-state index contributed by atoms with van der Waals surface area (Å²) in [5.41, 5.74) is 1.87. The molecule has 7 nitrogen and oxygen atoms in total. The van der Waals surface area contributed by atoms with E-state index in [0.717, 1.165) is 31.2 Å². The zero-order valence-corrected chi connectivity index (χ0v) is 14.7. The molecule has 1 aromatic heterocycles. The summed E-state index contributed by atoms with van der Waals surface area (Å²) < 4.78 is 7.07. The molecule has 0 spiro atoms. The van der Waals surface area contributed by atoms with Gasteiger partial charge in [-0.1, -0.05) is 24.5 Å². The van der Waals surface area contributed by atoms with Crippen LogP contribution >= 0.6 is 0 Å². The number of benzene rings is 1. The number of nitrogens with zero attached hydrogens (tertiary/aromatic N) is 3. The number of amides is 1. The van der Waals surface area contributed by atoms with Gasteiger partial charge in [0.05, 0.1) is 11.1 Å². The van der Waals surface area contributed by atoms with E-state index in [9.17, 15) is 9.59 Å². The Labute approximate surface area is 146 Å². The van der Waals surface area contributed by atoms with Crippen LogP contribution in [0, 0.1) is 0 Å². The van der Waals surface area contributed by atoms with Gasteiger partial charge in [0.2, 0.25) is 0 Å². The van der Waals surface area contributed by atoms with Crippen molar-refractivity contribution in [2.24, 2.45) is 0 Å². The first kappa shape index (κ1) is 17.4. The minimum Gasteiger partial charge on any atom is -0.449 e. The highest BCUT2D eigenvalue weighted by Gasteiger charge is 2.23. The molecule has 1 saturated carbocycles. The number of esters is 1. The standard InChI is InChI=1S/C18H24N4O3/c1-3-22-16-10-9-13(11-15(16)20-21-22)18(24)25-12(2)17(23)19-14-7-5-4-6-8-14/h9-12,14H,3-8H2,1-2H3,(H,19,23)/t12-/m1/s1. The van der Waals surface area contributed by atoms with Crippen LogP contribution < -0.4 is 5.32 Å². The Balaban J connectivity index is 1.61. The molecule has 1 amide bonds.